The smallest absolute Gasteiger partial charge is 0.0758 e. The van der Waals surface area contributed by atoms with E-state index < -0.39 is 0 Å². The fourth-order valence-corrected chi connectivity index (χ4v) is 2.28. The van der Waals surface area contributed by atoms with Gasteiger partial charge in [-0.1, -0.05) is 0 Å². The standard InChI is InChI=1S/C14H23N5.ClH/c1-6-18-12(5)14(9-16-18)15-7-13-8-17-19(10(2)3)11(13)4;/h8-10,15H,6-7H2,1-5H3;1H. The van der Waals surface area contributed by atoms with Crippen LogP contribution < -0.4 is 5.32 Å². The first kappa shape index (κ1) is 16.6. The van der Waals surface area contributed by atoms with Gasteiger partial charge in [0, 0.05) is 30.4 Å². The van der Waals surface area contributed by atoms with Crippen LogP contribution in [0.3, 0.4) is 0 Å². The Kier molecular flexibility index (Phi) is 5.62. The molecule has 0 spiro atoms. The van der Waals surface area contributed by atoms with Crippen molar-refractivity contribution in [2.45, 2.75) is 53.8 Å². The van der Waals surface area contributed by atoms with Crippen molar-refractivity contribution < 1.29 is 0 Å². The van der Waals surface area contributed by atoms with Crippen molar-refractivity contribution in [1.82, 2.24) is 19.6 Å². The molecule has 2 aromatic rings. The van der Waals surface area contributed by atoms with Gasteiger partial charge in [-0.2, -0.15) is 10.2 Å². The second-order valence-corrected chi connectivity index (χ2v) is 5.11. The fourth-order valence-electron chi connectivity index (χ4n) is 2.28. The first-order valence-corrected chi connectivity index (χ1v) is 6.83. The number of rotatable bonds is 5. The number of nitrogens with one attached hydrogen (secondary N) is 1. The highest BCUT2D eigenvalue weighted by Gasteiger charge is 2.10. The monoisotopic (exact) mass is 297 g/mol. The lowest BCUT2D eigenvalue weighted by molar-refractivity contribution is 0.518. The van der Waals surface area contributed by atoms with Crippen LogP contribution in [-0.2, 0) is 13.1 Å². The van der Waals surface area contributed by atoms with Gasteiger partial charge < -0.3 is 5.32 Å². The summed E-state index contributed by atoms with van der Waals surface area (Å²) in [4.78, 5) is 0. The second kappa shape index (κ2) is 6.79. The van der Waals surface area contributed by atoms with Crippen molar-refractivity contribution in [3.63, 3.8) is 0 Å². The van der Waals surface area contributed by atoms with E-state index >= 15 is 0 Å². The molecule has 0 atom stereocenters. The van der Waals surface area contributed by atoms with Gasteiger partial charge in [-0.3, -0.25) is 9.36 Å². The number of hydrogen-bond acceptors (Lipinski definition) is 3. The zero-order valence-electron chi connectivity index (χ0n) is 12.8. The molecule has 0 radical (unpaired) electrons. The zero-order valence-corrected chi connectivity index (χ0v) is 13.7. The number of aryl methyl sites for hydroxylation is 1. The summed E-state index contributed by atoms with van der Waals surface area (Å²) in [5.41, 5.74) is 4.73. The molecule has 0 saturated carbocycles. The minimum Gasteiger partial charge on any atom is -0.378 e. The molecule has 0 bridgehead atoms. The van der Waals surface area contributed by atoms with Gasteiger partial charge in [0.15, 0.2) is 0 Å². The van der Waals surface area contributed by atoms with Crippen molar-refractivity contribution in [2.75, 3.05) is 5.32 Å². The molecule has 2 aromatic heterocycles. The minimum atomic E-state index is 0. The summed E-state index contributed by atoms with van der Waals surface area (Å²) in [7, 11) is 0. The number of nitrogens with zero attached hydrogens (tertiary/aromatic N) is 4. The Morgan fingerprint density at radius 1 is 1.15 bits per heavy atom. The van der Waals surface area contributed by atoms with Crippen LogP contribution in [0.15, 0.2) is 12.4 Å². The number of aromatic nitrogens is 4. The van der Waals surface area contributed by atoms with E-state index in [-0.39, 0.29) is 12.4 Å². The summed E-state index contributed by atoms with van der Waals surface area (Å²) < 4.78 is 4.05. The summed E-state index contributed by atoms with van der Waals surface area (Å²) >= 11 is 0. The first-order valence-electron chi connectivity index (χ1n) is 6.83. The summed E-state index contributed by atoms with van der Waals surface area (Å²) in [6, 6.07) is 0.401. The summed E-state index contributed by atoms with van der Waals surface area (Å²) in [6.45, 7) is 12.3. The molecule has 0 aliphatic heterocycles. The molecule has 0 amide bonds. The van der Waals surface area contributed by atoms with E-state index in [2.05, 4.69) is 54.8 Å². The molecule has 2 heterocycles. The molecule has 112 valence electrons. The van der Waals surface area contributed by atoms with Crippen molar-refractivity contribution in [2.24, 2.45) is 0 Å². The highest BCUT2D eigenvalue weighted by molar-refractivity contribution is 5.85. The van der Waals surface area contributed by atoms with Gasteiger partial charge >= 0.3 is 0 Å². The molecule has 0 fully saturated rings. The number of halogens is 1. The third-order valence-corrected chi connectivity index (χ3v) is 3.51. The van der Waals surface area contributed by atoms with Gasteiger partial charge in [-0.15, -0.1) is 12.4 Å². The lowest BCUT2D eigenvalue weighted by atomic mass is 10.2. The van der Waals surface area contributed by atoms with Crippen LogP contribution in [-0.4, -0.2) is 19.6 Å². The van der Waals surface area contributed by atoms with Crippen LogP contribution in [0.2, 0.25) is 0 Å². The SMILES string of the molecule is CCn1ncc(NCc2cnn(C(C)C)c2C)c1C.Cl. The Morgan fingerprint density at radius 2 is 1.85 bits per heavy atom. The Bertz CT molecular complexity index is 556. The van der Waals surface area contributed by atoms with Crippen LogP contribution >= 0.6 is 12.4 Å². The highest BCUT2D eigenvalue weighted by atomic mass is 35.5. The third-order valence-electron chi connectivity index (χ3n) is 3.51. The molecule has 5 nitrogen and oxygen atoms in total. The van der Waals surface area contributed by atoms with Crippen molar-refractivity contribution in [3.8, 4) is 0 Å². The van der Waals surface area contributed by atoms with Crippen LogP contribution in [0.25, 0.3) is 0 Å². The Labute approximate surface area is 126 Å². The number of anilines is 1. The Hall–Kier alpha value is -1.49. The molecule has 0 saturated heterocycles. The van der Waals surface area contributed by atoms with E-state index in [1.807, 2.05) is 17.1 Å². The van der Waals surface area contributed by atoms with Gasteiger partial charge in [-0.05, 0) is 34.6 Å². The largest absolute Gasteiger partial charge is 0.378 e. The fraction of sp³-hybridized carbons (Fsp3) is 0.571. The third kappa shape index (κ3) is 3.15. The number of hydrogen-bond donors (Lipinski definition) is 1. The van der Waals surface area contributed by atoms with Crippen molar-refractivity contribution >= 4 is 18.1 Å². The van der Waals surface area contributed by atoms with Gasteiger partial charge in [-0.25, -0.2) is 0 Å². The summed E-state index contributed by atoms with van der Waals surface area (Å²) in [5, 5.41) is 12.2. The maximum absolute atomic E-state index is 4.43. The molecule has 0 aliphatic rings. The van der Waals surface area contributed by atoms with E-state index in [0.29, 0.717) is 6.04 Å². The molecular weight excluding hydrogens is 274 g/mol. The van der Waals surface area contributed by atoms with Crippen LogP contribution in [0.5, 0.6) is 0 Å². The predicted octanol–water partition coefficient (Wildman–Crippen LogP) is 3.33. The van der Waals surface area contributed by atoms with E-state index in [9.17, 15) is 0 Å². The van der Waals surface area contributed by atoms with Crippen molar-refractivity contribution in [1.29, 1.82) is 0 Å². The first-order chi connectivity index (χ1) is 9.04. The molecular formula is C14H24ClN5. The highest BCUT2D eigenvalue weighted by Crippen LogP contribution is 2.17. The molecule has 6 heteroatoms. The van der Waals surface area contributed by atoms with Gasteiger partial charge in [0.2, 0.25) is 0 Å². The lowest BCUT2D eigenvalue weighted by Gasteiger charge is -2.09. The molecule has 20 heavy (non-hydrogen) atoms. The van der Waals surface area contributed by atoms with Gasteiger partial charge in [0.1, 0.15) is 0 Å². The average Bonchev–Trinajstić information content (AvgIpc) is 2.91. The summed E-state index contributed by atoms with van der Waals surface area (Å²) in [6.07, 6.45) is 3.84. The van der Waals surface area contributed by atoms with Crippen LogP contribution in [0.1, 0.15) is 43.8 Å². The molecule has 0 aliphatic carbocycles. The maximum Gasteiger partial charge on any atom is 0.0758 e. The lowest BCUT2D eigenvalue weighted by Crippen LogP contribution is -2.07. The maximum atomic E-state index is 4.43. The zero-order chi connectivity index (χ0) is 14.0. The molecule has 1 N–H and O–H groups in total. The van der Waals surface area contributed by atoms with Crippen LogP contribution in [0, 0.1) is 13.8 Å². The quantitative estimate of drug-likeness (QED) is 0.921. The summed E-state index contributed by atoms with van der Waals surface area (Å²) in [5.74, 6) is 0. The molecule has 0 aromatic carbocycles. The topological polar surface area (TPSA) is 47.7 Å². The average molecular weight is 298 g/mol. The van der Waals surface area contributed by atoms with Gasteiger partial charge in [0.05, 0.1) is 23.8 Å². The Balaban J connectivity index is 0.00000200. The van der Waals surface area contributed by atoms with E-state index in [4.69, 9.17) is 0 Å². The molecule has 0 unspecified atom stereocenters. The second-order valence-electron chi connectivity index (χ2n) is 5.11. The predicted molar refractivity (Wildman–Crippen MR) is 84.6 cm³/mol. The van der Waals surface area contributed by atoms with E-state index in [1.54, 1.807) is 0 Å². The van der Waals surface area contributed by atoms with Crippen LogP contribution in [0.4, 0.5) is 5.69 Å². The van der Waals surface area contributed by atoms with E-state index in [1.165, 1.54) is 17.0 Å². The van der Waals surface area contributed by atoms with Crippen molar-refractivity contribution in [3.05, 3.63) is 29.3 Å². The Morgan fingerprint density at radius 3 is 2.35 bits per heavy atom. The molecule has 2 rings (SSSR count). The van der Waals surface area contributed by atoms with Gasteiger partial charge in [0.25, 0.3) is 0 Å². The minimum absolute atomic E-state index is 0. The van der Waals surface area contributed by atoms with E-state index in [0.717, 1.165) is 18.8 Å². The normalized spacial score (nSPS) is 10.7.